The molecule has 1 fully saturated rings. The van der Waals surface area contributed by atoms with Crippen LogP contribution in [0.25, 0.3) is 10.9 Å². The molecule has 1 saturated heterocycles. The smallest absolute Gasteiger partial charge is 0.270 e. The van der Waals surface area contributed by atoms with Crippen molar-refractivity contribution in [3.05, 3.63) is 34.6 Å². The Balaban J connectivity index is 1.83. The number of morpholine rings is 1. The molecule has 0 saturated carbocycles. The average Bonchev–Trinajstić information content (AvgIpc) is 2.53. The Bertz CT molecular complexity index is 658. The number of hydrogen-bond donors (Lipinski definition) is 1. The van der Waals surface area contributed by atoms with Gasteiger partial charge in [-0.15, -0.1) is 0 Å². The second kappa shape index (κ2) is 5.98. The van der Waals surface area contributed by atoms with Crippen LogP contribution in [-0.2, 0) is 4.74 Å². The molecule has 1 N–H and O–H groups in total. The first-order valence-electron chi connectivity index (χ1n) is 6.58. The number of nitro groups is 1. The van der Waals surface area contributed by atoms with E-state index in [-0.39, 0.29) is 11.8 Å². The van der Waals surface area contributed by atoms with E-state index in [4.69, 9.17) is 9.47 Å². The number of ether oxygens (including phenoxy) is 2. The summed E-state index contributed by atoms with van der Waals surface area (Å²) in [4.78, 5) is 18.5. The van der Waals surface area contributed by atoms with Crippen molar-refractivity contribution in [2.75, 3.05) is 26.3 Å². The van der Waals surface area contributed by atoms with Gasteiger partial charge in [-0.25, -0.2) is 9.97 Å². The largest absolute Gasteiger partial charge is 0.474 e. The van der Waals surface area contributed by atoms with Crippen molar-refractivity contribution in [3.8, 4) is 5.88 Å². The normalized spacial score (nSPS) is 18.6. The first kappa shape index (κ1) is 13.7. The quantitative estimate of drug-likeness (QED) is 0.659. The number of nitrogens with zero attached hydrogens (tertiary/aromatic N) is 3. The molecule has 1 aromatic heterocycles. The molecule has 110 valence electrons. The summed E-state index contributed by atoms with van der Waals surface area (Å²) in [5, 5.41) is 14.6. The summed E-state index contributed by atoms with van der Waals surface area (Å²) in [6, 6.07) is 4.42. The van der Waals surface area contributed by atoms with E-state index in [0.717, 1.165) is 6.54 Å². The lowest BCUT2D eigenvalue weighted by Crippen LogP contribution is -2.41. The number of nitrogens with one attached hydrogen (secondary N) is 1. The average molecular weight is 290 g/mol. The van der Waals surface area contributed by atoms with E-state index in [1.165, 1.54) is 18.5 Å². The van der Waals surface area contributed by atoms with Crippen LogP contribution in [0.15, 0.2) is 24.5 Å². The number of aromatic nitrogens is 2. The Morgan fingerprint density at radius 1 is 1.48 bits per heavy atom. The lowest BCUT2D eigenvalue weighted by molar-refractivity contribution is -0.384. The number of fused-ring (bicyclic) bond motifs is 1. The maximum absolute atomic E-state index is 10.9. The number of non-ortho nitro benzene ring substituents is 1. The van der Waals surface area contributed by atoms with Crippen LogP contribution in [-0.4, -0.2) is 47.3 Å². The van der Waals surface area contributed by atoms with Gasteiger partial charge in [-0.3, -0.25) is 10.1 Å². The van der Waals surface area contributed by atoms with Gasteiger partial charge in [0.05, 0.1) is 22.4 Å². The molecule has 2 aromatic rings. The minimum Gasteiger partial charge on any atom is -0.474 e. The molecule has 1 aliphatic heterocycles. The maximum Gasteiger partial charge on any atom is 0.270 e. The first-order valence-corrected chi connectivity index (χ1v) is 6.58. The predicted molar refractivity (Wildman–Crippen MR) is 74.3 cm³/mol. The van der Waals surface area contributed by atoms with Crippen LogP contribution in [0, 0.1) is 10.1 Å². The van der Waals surface area contributed by atoms with E-state index in [9.17, 15) is 10.1 Å². The molecule has 1 aliphatic rings. The summed E-state index contributed by atoms with van der Waals surface area (Å²) in [5.74, 6) is 0.331. The number of benzene rings is 1. The Kier molecular flexibility index (Phi) is 3.89. The number of rotatable bonds is 4. The SMILES string of the molecule is O=[N+]([O-])c1ccc2ncnc(OCC3CNCCO3)c2c1. The van der Waals surface area contributed by atoms with Gasteiger partial charge < -0.3 is 14.8 Å². The standard InChI is InChI=1S/C13H14N4O4/c18-17(19)9-1-2-12-11(5-9)13(16-8-15-12)21-7-10-6-14-3-4-20-10/h1-2,5,8,10,14H,3-4,6-7H2. The van der Waals surface area contributed by atoms with Gasteiger partial charge in [-0.2, -0.15) is 0 Å². The van der Waals surface area contributed by atoms with Crippen LogP contribution >= 0.6 is 0 Å². The molecule has 1 aromatic carbocycles. The second-order valence-electron chi connectivity index (χ2n) is 4.65. The fraction of sp³-hybridized carbons (Fsp3) is 0.385. The van der Waals surface area contributed by atoms with E-state index >= 15 is 0 Å². The van der Waals surface area contributed by atoms with E-state index in [0.29, 0.717) is 36.5 Å². The van der Waals surface area contributed by atoms with Crippen LogP contribution in [0.2, 0.25) is 0 Å². The van der Waals surface area contributed by atoms with Crippen LogP contribution in [0.4, 0.5) is 5.69 Å². The van der Waals surface area contributed by atoms with Gasteiger partial charge >= 0.3 is 0 Å². The van der Waals surface area contributed by atoms with E-state index < -0.39 is 4.92 Å². The minimum absolute atomic E-state index is 0.0160. The molecule has 0 radical (unpaired) electrons. The van der Waals surface area contributed by atoms with Crippen LogP contribution in [0.5, 0.6) is 5.88 Å². The molecular weight excluding hydrogens is 276 g/mol. The molecule has 0 spiro atoms. The highest BCUT2D eigenvalue weighted by molar-refractivity contribution is 5.85. The Morgan fingerprint density at radius 2 is 2.38 bits per heavy atom. The highest BCUT2D eigenvalue weighted by atomic mass is 16.6. The zero-order valence-corrected chi connectivity index (χ0v) is 11.2. The van der Waals surface area contributed by atoms with Crippen molar-refractivity contribution in [1.29, 1.82) is 0 Å². The third-order valence-corrected chi connectivity index (χ3v) is 3.20. The highest BCUT2D eigenvalue weighted by Gasteiger charge is 2.16. The van der Waals surface area contributed by atoms with Crippen molar-refractivity contribution in [3.63, 3.8) is 0 Å². The monoisotopic (exact) mass is 290 g/mol. The minimum atomic E-state index is -0.454. The fourth-order valence-electron chi connectivity index (χ4n) is 2.15. The topological polar surface area (TPSA) is 99.4 Å². The van der Waals surface area contributed by atoms with Gasteiger partial charge in [0.2, 0.25) is 5.88 Å². The number of nitro benzene ring substituents is 1. The summed E-state index contributed by atoms with van der Waals surface area (Å²) < 4.78 is 11.2. The van der Waals surface area contributed by atoms with Crippen LogP contribution in [0.3, 0.4) is 0 Å². The van der Waals surface area contributed by atoms with Crippen molar-refractivity contribution in [2.24, 2.45) is 0 Å². The number of hydrogen-bond acceptors (Lipinski definition) is 7. The Hall–Kier alpha value is -2.32. The van der Waals surface area contributed by atoms with Crippen molar-refractivity contribution in [2.45, 2.75) is 6.10 Å². The Morgan fingerprint density at radius 3 is 3.14 bits per heavy atom. The van der Waals surface area contributed by atoms with Gasteiger partial charge in [-0.05, 0) is 6.07 Å². The zero-order chi connectivity index (χ0) is 14.7. The third kappa shape index (κ3) is 3.06. The zero-order valence-electron chi connectivity index (χ0n) is 11.2. The molecule has 0 aliphatic carbocycles. The van der Waals surface area contributed by atoms with Crippen molar-refractivity contribution < 1.29 is 14.4 Å². The molecule has 2 heterocycles. The summed E-state index contributed by atoms with van der Waals surface area (Å²) in [7, 11) is 0. The van der Waals surface area contributed by atoms with Crippen molar-refractivity contribution in [1.82, 2.24) is 15.3 Å². The summed E-state index contributed by atoms with van der Waals surface area (Å²) >= 11 is 0. The molecule has 1 unspecified atom stereocenters. The molecule has 1 atom stereocenters. The van der Waals surface area contributed by atoms with Gasteiger partial charge in [0, 0.05) is 25.2 Å². The molecule has 21 heavy (non-hydrogen) atoms. The highest BCUT2D eigenvalue weighted by Crippen LogP contribution is 2.25. The van der Waals surface area contributed by atoms with E-state index in [1.807, 2.05) is 0 Å². The fourth-order valence-corrected chi connectivity index (χ4v) is 2.15. The Labute approximate surface area is 120 Å². The van der Waals surface area contributed by atoms with Gasteiger partial charge in [0.1, 0.15) is 19.0 Å². The maximum atomic E-state index is 10.9. The molecule has 0 bridgehead atoms. The van der Waals surface area contributed by atoms with E-state index in [2.05, 4.69) is 15.3 Å². The summed E-state index contributed by atoms with van der Waals surface area (Å²) in [5.41, 5.74) is 0.589. The summed E-state index contributed by atoms with van der Waals surface area (Å²) in [6.45, 7) is 2.52. The van der Waals surface area contributed by atoms with Crippen LogP contribution < -0.4 is 10.1 Å². The van der Waals surface area contributed by atoms with Crippen LogP contribution in [0.1, 0.15) is 0 Å². The van der Waals surface area contributed by atoms with Gasteiger partial charge in [-0.1, -0.05) is 0 Å². The van der Waals surface area contributed by atoms with E-state index in [1.54, 1.807) is 6.07 Å². The molecule has 8 nitrogen and oxygen atoms in total. The summed E-state index contributed by atoms with van der Waals surface area (Å²) in [6.07, 6.45) is 1.33. The lowest BCUT2D eigenvalue weighted by Gasteiger charge is -2.23. The lowest BCUT2D eigenvalue weighted by atomic mass is 10.2. The predicted octanol–water partition coefficient (Wildman–Crippen LogP) is 0.905. The second-order valence-corrected chi connectivity index (χ2v) is 4.65. The molecule has 0 amide bonds. The molecular formula is C13H14N4O4. The van der Waals surface area contributed by atoms with Crippen molar-refractivity contribution >= 4 is 16.6 Å². The molecule has 8 heteroatoms. The molecule has 3 rings (SSSR count). The third-order valence-electron chi connectivity index (χ3n) is 3.20. The van der Waals surface area contributed by atoms with Gasteiger partial charge in [0.15, 0.2) is 0 Å². The first-order chi connectivity index (χ1) is 10.2. The van der Waals surface area contributed by atoms with Gasteiger partial charge in [0.25, 0.3) is 5.69 Å².